The lowest BCUT2D eigenvalue weighted by Gasteiger charge is -2.15. The summed E-state index contributed by atoms with van der Waals surface area (Å²) in [5, 5.41) is 3.71. The normalized spacial score (nSPS) is 10.5. The van der Waals surface area contributed by atoms with Crippen LogP contribution < -0.4 is 14.8 Å². The van der Waals surface area contributed by atoms with E-state index in [0.717, 1.165) is 16.8 Å². The molecule has 0 spiro atoms. The zero-order valence-electron chi connectivity index (χ0n) is 15.3. The van der Waals surface area contributed by atoms with Crippen LogP contribution in [0.5, 0.6) is 11.5 Å². The van der Waals surface area contributed by atoms with Gasteiger partial charge in [0.25, 0.3) is 0 Å². The van der Waals surface area contributed by atoms with Gasteiger partial charge in [0, 0.05) is 12.2 Å². The van der Waals surface area contributed by atoms with Crippen LogP contribution in [0.25, 0.3) is 0 Å². The van der Waals surface area contributed by atoms with Crippen molar-refractivity contribution >= 4 is 17.3 Å². The Labute approximate surface area is 163 Å². The first-order valence-corrected chi connectivity index (χ1v) is 8.97. The van der Waals surface area contributed by atoms with Gasteiger partial charge in [0.1, 0.15) is 12.4 Å². The van der Waals surface area contributed by atoms with Gasteiger partial charge in [-0.15, -0.1) is 0 Å². The van der Waals surface area contributed by atoms with Crippen molar-refractivity contribution in [2.45, 2.75) is 20.1 Å². The van der Waals surface area contributed by atoms with E-state index in [4.69, 9.17) is 21.1 Å². The van der Waals surface area contributed by atoms with E-state index in [0.29, 0.717) is 29.7 Å². The van der Waals surface area contributed by atoms with E-state index >= 15 is 0 Å². The minimum atomic E-state index is -0.264. The summed E-state index contributed by atoms with van der Waals surface area (Å²) >= 11 is 6.42. The van der Waals surface area contributed by atoms with Crippen LogP contribution in [-0.2, 0) is 13.2 Å². The lowest BCUT2D eigenvalue weighted by Crippen LogP contribution is -2.02. The Bertz CT molecular complexity index is 895. The van der Waals surface area contributed by atoms with Crippen LogP contribution in [0.4, 0.5) is 10.1 Å². The van der Waals surface area contributed by atoms with Gasteiger partial charge in [-0.1, -0.05) is 41.4 Å². The Morgan fingerprint density at radius 1 is 0.963 bits per heavy atom. The Morgan fingerprint density at radius 3 is 2.33 bits per heavy atom. The van der Waals surface area contributed by atoms with Crippen LogP contribution in [0.2, 0.25) is 5.02 Å². The van der Waals surface area contributed by atoms with E-state index in [1.807, 2.05) is 43.3 Å². The minimum Gasteiger partial charge on any atom is -0.493 e. The van der Waals surface area contributed by atoms with Gasteiger partial charge >= 0.3 is 0 Å². The van der Waals surface area contributed by atoms with E-state index in [1.165, 1.54) is 17.7 Å². The van der Waals surface area contributed by atoms with E-state index in [9.17, 15) is 4.39 Å². The van der Waals surface area contributed by atoms with Crippen molar-refractivity contribution in [1.82, 2.24) is 0 Å². The molecule has 3 nitrogen and oxygen atoms in total. The molecular formula is C22H21ClFNO2. The summed E-state index contributed by atoms with van der Waals surface area (Å²) in [5.41, 5.74) is 4.02. The maximum Gasteiger partial charge on any atom is 0.180 e. The highest BCUT2D eigenvalue weighted by atomic mass is 35.5. The predicted octanol–water partition coefficient (Wildman–Crippen LogP) is 5.99. The first-order chi connectivity index (χ1) is 13.0. The monoisotopic (exact) mass is 385 g/mol. The number of rotatable bonds is 7. The number of hydrogen-bond donors (Lipinski definition) is 1. The number of anilines is 1. The third kappa shape index (κ3) is 5.14. The molecule has 3 aromatic rings. The second-order valence-corrected chi connectivity index (χ2v) is 6.65. The molecule has 3 rings (SSSR count). The van der Waals surface area contributed by atoms with E-state index in [1.54, 1.807) is 19.2 Å². The lowest BCUT2D eigenvalue weighted by atomic mass is 10.1. The molecule has 3 aromatic carbocycles. The van der Waals surface area contributed by atoms with Crippen LogP contribution in [0.15, 0.2) is 60.7 Å². The number of ether oxygens (including phenoxy) is 2. The average Bonchev–Trinajstić information content (AvgIpc) is 2.67. The molecule has 140 valence electrons. The fraction of sp³-hybridized carbons (Fsp3) is 0.182. The van der Waals surface area contributed by atoms with Crippen molar-refractivity contribution in [2.75, 3.05) is 12.4 Å². The van der Waals surface area contributed by atoms with Gasteiger partial charge in [-0.05, 0) is 54.4 Å². The maximum atomic E-state index is 13.0. The minimum absolute atomic E-state index is 0.264. The predicted molar refractivity (Wildman–Crippen MR) is 107 cm³/mol. The molecule has 5 heteroatoms. The van der Waals surface area contributed by atoms with Gasteiger partial charge in [0.2, 0.25) is 0 Å². The molecule has 0 radical (unpaired) electrons. The number of hydrogen-bond acceptors (Lipinski definition) is 3. The average molecular weight is 386 g/mol. The number of aryl methyl sites for hydroxylation is 1. The van der Waals surface area contributed by atoms with Crippen LogP contribution in [0.3, 0.4) is 0 Å². The number of methoxy groups -OCH3 is 1. The fourth-order valence-corrected chi connectivity index (χ4v) is 2.91. The van der Waals surface area contributed by atoms with Crippen molar-refractivity contribution < 1.29 is 13.9 Å². The molecule has 0 saturated carbocycles. The highest BCUT2D eigenvalue weighted by Gasteiger charge is 2.12. The molecule has 27 heavy (non-hydrogen) atoms. The molecule has 0 aliphatic carbocycles. The molecule has 0 saturated heterocycles. The van der Waals surface area contributed by atoms with Crippen molar-refractivity contribution in [3.05, 3.63) is 88.2 Å². The second kappa shape index (κ2) is 8.78. The molecule has 0 aliphatic rings. The summed E-state index contributed by atoms with van der Waals surface area (Å²) < 4.78 is 24.3. The van der Waals surface area contributed by atoms with Crippen LogP contribution in [0.1, 0.15) is 16.7 Å². The van der Waals surface area contributed by atoms with Crippen LogP contribution >= 0.6 is 11.6 Å². The zero-order valence-corrected chi connectivity index (χ0v) is 16.0. The van der Waals surface area contributed by atoms with E-state index < -0.39 is 0 Å². The smallest absolute Gasteiger partial charge is 0.180 e. The third-order valence-electron chi connectivity index (χ3n) is 4.13. The summed E-state index contributed by atoms with van der Waals surface area (Å²) in [6, 6.07) is 18.1. The number of halogens is 2. The summed E-state index contributed by atoms with van der Waals surface area (Å²) in [6.07, 6.45) is 0. The Hall–Kier alpha value is -2.72. The van der Waals surface area contributed by atoms with Crippen LogP contribution in [-0.4, -0.2) is 7.11 Å². The number of nitrogens with one attached hydrogen (secondary N) is 1. The van der Waals surface area contributed by atoms with Gasteiger partial charge in [-0.25, -0.2) is 4.39 Å². The zero-order chi connectivity index (χ0) is 19.2. The molecule has 0 aromatic heterocycles. The highest BCUT2D eigenvalue weighted by molar-refractivity contribution is 6.32. The Balaban J connectivity index is 1.70. The lowest BCUT2D eigenvalue weighted by molar-refractivity contribution is 0.284. The van der Waals surface area contributed by atoms with Crippen molar-refractivity contribution in [3.8, 4) is 11.5 Å². The van der Waals surface area contributed by atoms with Crippen molar-refractivity contribution in [1.29, 1.82) is 0 Å². The summed E-state index contributed by atoms with van der Waals surface area (Å²) in [6.45, 7) is 2.98. The number of benzene rings is 3. The largest absolute Gasteiger partial charge is 0.493 e. The first-order valence-electron chi connectivity index (χ1n) is 8.59. The molecule has 0 amide bonds. The van der Waals surface area contributed by atoms with Gasteiger partial charge in [0.05, 0.1) is 12.1 Å². The van der Waals surface area contributed by atoms with Crippen molar-refractivity contribution in [3.63, 3.8) is 0 Å². The molecule has 0 heterocycles. The molecule has 0 aliphatic heterocycles. The molecule has 0 unspecified atom stereocenters. The standard InChI is InChI=1S/C22H21ClFNO2/c1-15-3-5-16(6-4-15)14-27-22-20(23)11-17(12-21(22)26-2)13-25-19-9-7-18(24)8-10-19/h3-12,25H,13-14H2,1-2H3. The highest BCUT2D eigenvalue weighted by Crippen LogP contribution is 2.37. The molecule has 0 bridgehead atoms. The Morgan fingerprint density at radius 2 is 1.67 bits per heavy atom. The SMILES string of the molecule is COc1cc(CNc2ccc(F)cc2)cc(Cl)c1OCc1ccc(C)cc1. The fourth-order valence-electron chi connectivity index (χ4n) is 2.63. The van der Waals surface area contributed by atoms with Gasteiger partial charge in [-0.2, -0.15) is 0 Å². The summed E-state index contributed by atoms with van der Waals surface area (Å²) in [4.78, 5) is 0. The quantitative estimate of drug-likeness (QED) is 0.542. The summed E-state index contributed by atoms with van der Waals surface area (Å²) in [7, 11) is 1.58. The topological polar surface area (TPSA) is 30.5 Å². The van der Waals surface area contributed by atoms with Gasteiger partial charge in [0.15, 0.2) is 11.5 Å². The van der Waals surface area contributed by atoms with E-state index in [-0.39, 0.29) is 5.82 Å². The first kappa shape index (κ1) is 19.1. The second-order valence-electron chi connectivity index (χ2n) is 6.24. The molecule has 0 atom stereocenters. The third-order valence-corrected chi connectivity index (χ3v) is 4.41. The molecule has 0 fully saturated rings. The van der Waals surface area contributed by atoms with Gasteiger partial charge < -0.3 is 14.8 Å². The van der Waals surface area contributed by atoms with Gasteiger partial charge in [-0.3, -0.25) is 0 Å². The Kier molecular flexibility index (Phi) is 6.20. The van der Waals surface area contributed by atoms with E-state index in [2.05, 4.69) is 5.32 Å². The molecular weight excluding hydrogens is 365 g/mol. The van der Waals surface area contributed by atoms with Crippen LogP contribution in [0, 0.1) is 12.7 Å². The van der Waals surface area contributed by atoms with Crippen molar-refractivity contribution in [2.24, 2.45) is 0 Å². The summed E-state index contributed by atoms with van der Waals surface area (Å²) in [5.74, 6) is 0.830. The maximum absolute atomic E-state index is 13.0. The molecule has 1 N–H and O–H groups in total.